The van der Waals surface area contributed by atoms with Crippen LogP contribution in [0.5, 0.6) is 0 Å². The molecule has 0 saturated heterocycles. The molecular weight excluding hydrogens is 162 g/mol. The second kappa shape index (κ2) is 2.84. The Morgan fingerprint density at radius 2 is 2.00 bits per heavy atom. The molecule has 2 rings (SSSR count). The van der Waals surface area contributed by atoms with E-state index in [4.69, 9.17) is 10.2 Å². The lowest BCUT2D eigenvalue weighted by molar-refractivity contribution is 0.616. The molecule has 0 radical (unpaired) electrons. The highest BCUT2D eigenvalue weighted by molar-refractivity contribution is 5.88. The normalized spacial score (nSPS) is 9.45. The van der Waals surface area contributed by atoms with E-state index in [2.05, 4.69) is 0 Å². The number of fused-ring (bicyclic) bond motifs is 1. The molecule has 0 unspecified atom stereocenters. The Morgan fingerprint density at radius 1 is 1.18 bits per heavy atom. The van der Waals surface area contributed by atoms with Crippen molar-refractivity contribution in [1.82, 2.24) is 0 Å². The Morgan fingerprint density at radius 3 is 2.73 bits per heavy atom. The average molecular weight is 170 g/mol. The molecule has 3 heteroatoms. The minimum atomic E-state index is 0. The highest BCUT2D eigenvalue weighted by Gasteiger charge is 1.96. The summed E-state index contributed by atoms with van der Waals surface area (Å²) >= 11 is 0. The monoisotopic (exact) mass is 169 g/mol. The van der Waals surface area contributed by atoms with Gasteiger partial charge in [-0.15, -0.1) is 12.4 Å². The molecule has 1 aromatic heterocycles. The van der Waals surface area contributed by atoms with Crippen molar-refractivity contribution in [3.63, 3.8) is 0 Å². The topological polar surface area (TPSA) is 39.2 Å². The highest BCUT2D eigenvalue weighted by atomic mass is 35.5. The van der Waals surface area contributed by atoms with Gasteiger partial charge in [-0.2, -0.15) is 0 Å². The number of halogens is 1. The van der Waals surface area contributed by atoms with E-state index < -0.39 is 0 Å². The van der Waals surface area contributed by atoms with E-state index in [0.29, 0.717) is 0 Å². The van der Waals surface area contributed by atoms with Crippen LogP contribution < -0.4 is 5.73 Å². The van der Waals surface area contributed by atoms with Crippen molar-refractivity contribution >= 4 is 29.1 Å². The van der Waals surface area contributed by atoms with Crippen LogP contribution in [0, 0.1) is 0 Å². The molecule has 0 bridgehead atoms. The van der Waals surface area contributed by atoms with Crippen LogP contribution >= 0.6 is 12.4 Å². The van der Waals surface area contributed by atoms with Gasteiger partial charge in [0.25, 0.3) is 0 Å². The van der Waals surface area contributed by atoms with Gasteiger partial charge in [-0.1, -0.05) is 6.07 Å². The van der Waals surface area contributed by atoms with Crippen LogP contribution in [-0.4, -0.2) is 0 Å². The molecule has 0 aliphatic rings. The molecule has 1 aromatic carbocycles. The fraction of sp³-hybridized carbons (Fsp3) is 0. The standard InChI is InChI=1S/C8H7NO.ClH/c9-7-2-1-3-8-6(7)4-5-10-8;/h1-5H,9H2;1H. The number of rotatable bonds is 0. The van der Waals surface area contributed by atoms with Crippen LogP contribution in [0.15, 0.2) is 34.9 Å². The fourth-order valence-electron chi connectivity index (χ4n) is 1.02. The Kier molecular flexibility index (Phi) is 2.06. The van der Waals surface area contributed by atoms with Crippen molar-refractivity contribution in [2.24, 2.45) is 0 Å². The molecule has 11 heavy (non-hydrogen) atoms. The van der Waals surface area contributed by atoms with Gasteiger partial charge in [-0.05, 0) is 18.2 Å². The maximum Gasteiger partial charge on any atom is 0.135 e. The quantitative estimate of drug-likeness (QED) is 0.616. The van der Waals surface area contributed by atoms with Crippen molar-refractivity contribution in [3.05, 3.63) is 30.5 Å². The lowest BCUT2D eigenvalue weighted by Gasteiger charge is -1.90. The molecule has 1 heterocycles. The van der Waals surface area contributed by atoms with Crippen LogP contribution in [0.4, 0.5) is 5.69 Å². The molecular formula is C8H8ClNO. The highest BCUT2D eigenvalue weighted by Crippen LogP contribution is 2.20. The zero-order valence-corrected chi connectivity index (χ0v) is 6.60. The third kappa shape index (κ3) is 1.17. The van der Waals surface area contributed by atoms with Gasteiger partial charge in [0.1, 0.15) is 5.58 Å². The van der Waals surface area contributed by atoms with E-state index >= 15 is 0 Å². The van der Waals surface area contributed by atoms with E-state index in [9.17, 15) is 0 Å². The molecule has 0 aliphatic heterocycles. The first-order valence-electron chi connectivity index (χ1n) is 3.09. The summed E-state index contributed by atoms with van der Waals surface area (Å²) in [6.45, 7) is 0. The largest absolute Gasteiger partial charge is 0.464 e. The predicted octanol–water partition coefficient (Wildman–Crippen LogP) is 2.44. The summed E-state index contributed by atoms with van der Waals surface area (Å²) in [5, 5.41) is 0.988. The number of nitrogen functional groups attached to an aromatic ring is 1. The van der Waals surface area contributed by atoms with Crippen molar-refractivity contribution < 1.29 is 4.42 Å². The Balaban J connectivity index is 0.000000605. The minimum absolute atomic E-state index is 0. The van der Waals surface area contributed by atoms with E-state index in [0.717, 1.165) is 16.7 Å². The first kappa shape index (κ1) is 7.95. The number of anilines is 1. The van der Waals surface area contributed by atoms with Gasteiger partial charge in [0.05, 0.1) is 6.26 Å². The second-order valence-electron chi connectivity index (χ2n) is 2.18. The van der Waals surface area contributed by atoms with Crippen LogP contribution in [0.2, 0.25) is 0 Å². The minimum Gasteiger partial charge on any atom is -0.464 e. The van der Waals surface area contributed by atoms with Crippen LogP contribution in [0.1, 0.15) is 0 Å². The van der Waals surface area contributed by atoms with E-state index in [1.807, 2.05) is 24.3 Å². The zero-order valence-electron chi connectivity index (χ0n) is 5.78. The SMILES string of the molecule is Cl.Nc1cccc2occc12. The lowest BCUT2D eigenvalue weighted by Crippen LogP contribution is -1.82. The van der Waals surface area contributed by atoms with Gasteiger partial charge in [0.2, 0.25) is 0 Å². The molecule has 58 valence electrons. The van der Waals surface area contributed by atoms with Crippen molar-refractivity contribution in [3.8, 4) is 0 Å². The Hall–Kier alpha value is -1.15. The molecule has 0 amide bonds. The summed E-state index contributed by atoms with van der Waals surface area (Å²) < 4.78 is 5.12. The van der Waals surface area contributed by atoms with Gasteiger partial charge in [0.15, 0.2) is 0 Å². The Bertz CT molecular complexity index is 356. The fourth-order valence-corrected chi connectivity index (χ4v) is 1.02. The first-order chi connectivity index (χ1) is 4.88. The number of hydrogen-bond acceptors (Lipinski definition) is 2. The number of nitrogens with two attached hydrogens (primary N) is 1. The maximum atomic E-state index is 5.64. The predicted molar refractivity (Wildman–Crippen MR) is 47.9 cm³/mol. The van der Waals surface area contributed by atoms with Gasteiger partial charge in [-0.25, -0.2) is 0 Å². The second-order valence-corrected chi connectivity index (χ2v) is 2.18. The van der Waals surface area contributed by atoms with Gasteiger partial charge in [-0.3, -0.25) is 0 Å². The molecule has 0 atom stereocenters. The number of benzene rings is 1. The summed E-state index contributed by atoms with van der Waals surface area (Å²) in [6, 6.07) is 7.50. The Labute approximate surface area is 70.4 Å². The van der Waals surface area contributed by atoms with Gasteiger partial charge >= 0.3 is 0 Å². The third-order valence-electron chi connectivity index (χ3n) is 1.53. The van der Waals surface area contributed by atoms with Crippen molar-refractivity contribution in [2.45, 2.75) is 0 Å². The van der Waals surface area contributed by atoms with Crippen LogP contribution in [0.25, 0.3) is 11.0 Å². The molecule has 0 fully saturated rings. The van der Waals surface area contributed by atoms with Crippen molar-refractivity contribution in [1.29, 1.82) is 0 Å². The maximum absolute atomic E-state index is 5.64. The van der Waals surface area contributed by atoms with Crippen molar-refractivity contribution in [2.75, 3.05) is 5.73 Å². The zero-order chi connectivity index (χ0) is 6.97. The molecule has 0 aliphatic carbocycles. The number of hydrogen-bond donors (Lipinski definition) is 1. The van der Waals surface area contributed by atoms with Crippen LogP contribution in [-0.2, 0) is 0 Å². The lowest BCUT2D eigenvalue weighted by atomic mass is 10.2. The molecule has 2 aromatic rings. The molecule has 2 N–H and O–H groups in total. The smallest absolute Gasteiger partial charge is 0.135 e. The average Bonchev–Trinajstić information content (AvgIpc) is 2.36. The summed E-state index contributed by atoms with van der Waals surface area (Å²) in [7, 11) is 0. The summed E-state index contributed by atoms with van der Waals surface area (Å²) in [5.41, 5.74) is 7.26. The van der Waals surface area contributed by atoms with Gasteiger partial charge in [0, 0.05) is 11.1 Å². The van der Waals surface area contributed by atoms with Crippen LogP contribution in [0.3, 0.4) is 0 Å². The molecule has 2 nitrogen and oxygen atoms in total. The summed E-state index contributed by atoms with van der Waals surface area (Å²) in [6.07, 6.45) is 1.64. The molecule has 0 spiro atoms. The van der Waals surface area contributed by atoms with E-state index in [1.165, 1.54) is 0 Å². The first-order valence-corrected chi connectivity index (χ1v) is 3.09. The summed E-state index contributed by atoms with van der Waals surface area (Å²) in [4.78, 5) is 0. The third-order valence-corrected chi connectivity index (χ3v) is 1.53. The molecule has 0 saturated carbocycles. The van der Waals surface area contributed by atoms with E-state index in [-0.39, 0.29) is 12.4 Å². The van der Waals surface area contributed by atoms with Gasteiger partial charge < -0.3 is 10.2 Å². The summed E-state index contributed by atoms with van der Waals surface area (Å²) in [5.74, 6) is 0. The number of furan rings is 1. The van der Waals surface area contributed by atoms with E-state index in [1.54, 1.807) is 6.26 Å².